The minimum absolute atomic E-state index is 0.352. The van der Waals surface area contributed by atoms with Gasteiger partial charge in [0.25, 0.3) is 5.91 Å². The molecule has 0 aliphatic heterocycles. The number of nitrogens with zero attached hydrogens (tertiary/aromatic N) is 1. The van der Waals surface area contributed by atoms with Gasteiger partial charge < -0.3 is 4.74 Å². The monoisotopic (exact) mass is 338 g/mol. The Morgan fingerprint density at radius 2 is 1.75 bits per heavy atom. The molecule has 0 unspecified atom stereocenters. The maximum absolute atomic E-state index is 12.1. The molecule has 0 fully saturated rings. The molecular weight excluding hydrogens is 324 g/mol. The number of methoxy groups -OCH3 is 1. The third kappa shape index (κ3) is 3.24. The van der Waals surface area contributed by atoms with Crippen molar-refractivity contribution < 1.29 is 9.53 Å². The molecule has 24 heavy (non-hydrogen) atoms. The summed E-state index contributed by atoms with van der Waals surface area (Å²) < 4.78 is 5.37. The van der Waals surface area contributed by atoms with Crippen molar-refractivity contribution in [3.05, 3.63) is 76.8 Å². The van der Waals surface area contributed by atoms with Crippen molar-refractivity contribution in [3.63, 3.8) is 0 Å². The summed E-state index contributed by atoms with van der Waals surface area (Å²) in [6.45, 7) is 0. The first kappa shape index (κ1) is 16.0. The van der Waals surface area contributed by atoms with E-state index in [2.05, 4.69) is 10.5 Å². The molecule has 3 rings (SSSR count). The van der Waals surface area contributed by atoms with E-state index < -0.39 is 0 Å². The van der Waals surface area contributed by atoms with Crippen molar-refractivity contribution in [3.8, 4) is 5.75 Å². The van der Waals surface area contributed by atoms with Crippen molar-refractivity contribution in [1.29, 1.82) is 0 Å². The molecule has 1 amide bonds. The number of carbonyl (C=O) groups excluding carboxylic acids is 1. The summed E-state index contributed by atoms with van der Waals surface area (Å²) in [5, 5.41) is 6.41. The molecule has 3 aromatic carbocycles. The molecule has 5 heteroatoms. The Kier molecular flexibility index (Phi) is 4.77. The van der Waals surface area contributed by atoms with Crippen molar-refractivity contribution in [2.24, 2.45) is 5.10 Å². The first-order valence-corrected chi connectivity index (χ1v) is 7.72. The summed E-state index contributed by atoms with van der Waals surface area (Å²) in [5.74, 6) is 0.442. The smallest absolute Gasteiger partial charge is 0.272 e. The molecule has 0 radical (unpaired) electrons. The van der Waals surface area contributed by atoms with Gasteiger partial charge in [-0.25, -0.2) is 5.43 Å². The quantitative estimate of drug-likeness (QED) is 0.570. The molecule has 1 N–H and O–H groups in total. The number of nitrogens with one attached hydrogen (secondary N) is 1. The molecule has 4 nitrogen and oxygen atoms in total. The lowest BCUT2D eigenvalue weighted by Crippen LogP contribution is -2.17. The average Bonchev–Trinajstić information content (AvgIpc) is 2.62. The maximum atomic E-state index is 12.1. The normalized spacial score (nSPS) is 10.9. The Labute approximate surface area is 144 Å². The zero-order chi connectivity index (χ0) is 16.9. The van der Waals surface area contributed by atoms with Crippen LogP contribution in [0.3, 0.4) is 0 Å². The third-order valence-corrected chi connectivity index (χ3v) is 3.96. The van der Waals surface area contributed by atoms with Gasteiger partial charge in [-0.05, 0) is 29.7 Å². The highest BCUT2D eigenvalue weighted by Gasteiger charge is 2.08. The Bertz CT molecular complexity index is 922. The lowest BCUT2D eigenvalue weighted by molar-refractivity contribution is 0.0955. The van der Waals surface area contributed by atoms with Crippen LogP contribution in [0.2, 0.25) is 5.02 Å². The second-order valence-electron chi connectivity index (χ2n) is 5.08. The second-order valence-corrected chi connectivity index (χ2v) is 5.49. The minimum atomic E-state index is -0.352. The van der Waals surface area contributed by atoms with Gasteiger partial charge in [0.05, 0.1) is 23.9 Å². The van der Waals surface area contributed by atoms with E-state index in [4.69, 9.17) is 16.3 Å². The van der Waals surface area contributed by atoms with Crippen molar-refractivity contribution in [1.82, 2.24) is 5.43 Å². The number of hydrogen-bond donors (Lipinski definition) is 1. The van der Waals surface area contributed by atoms with Gasteiger partial charge in [0.2, 0.25) is 0 Å². The Morgan fingerprint density at radius 3 is 2.50 bits per heavy atom. The van der Waals surface area contributed by atoms with Gasteiger partial charge in [0.15, 0.2) is 0 Å². The van der Waals surface area contributed by atoms with Gasteiger partial charge in [-0.3, -0.25) is 4.79 Å². The largest absolute Gasteiger partial charge is 0.496 e. The molecule has 0 bridgehead atoms. The van der Waals surface area contributed by atoms with Crippen LogP contribution in [0.5, 0.6) is 5.75 Å². The first-order chi connectivity index (χ1) is 11.7. The highest BCUT2D eigenvalue weighted by Crippen LogP contribution is 2.27. The highest BCUT2D eigenvalue weighted by molar-refractivity contribution is 6.33. The molecule has 0 saturated carbocycles. The summed E-state index contributed by atoms with van der Waals surface area (Å²) >= 11 is 6.00. The molecule has 0 atom stereocenters. The van der Waals surface area contributed by atoms with Gasteiger partial charge in [-0.1, -0.05) is 48.0 Å². The summed E-state index contributed by atoms with van der Waals surface area (Å²) in [4.78, 5) is 12.1. The fraction of sp³-hybridized carbons (Fsp3) is 0.0526. The van der Waals surface area contributed by atoms with E-state index in [-0.39, 0.29) is 5.91 Å². The number of halogens is 1. The third-order valence-electron chi connectivity index (χ3n) is 3.63. The molecule has 3 aromatic rings. The van der Waals surface area contributed by atoms with E-state index in [1.165, 1.54) is 0 Å². The van der Waals surface area contributed by atoms with Crippen LogP contribution in [-0.4, -0.2) is 19.2 Å². The highest BCUT2D eigenvalue weighted by atomic mass is 35.5. The van der Waals surface area contributed by atoms with Gasteiger partial charge >= 0.3 is 0 Å². The van der Waals surface area contributed by atoms with Gasteiger partial charge in [0, 0.05) is 10.9 Å². The van der Waals surface area contributed by atoms with Crippen LogP contribution in [0.25, 0.3) is 10.8 Å². The molecule has 0 aliphatic carbocycles. The number of carbonyl (C=O) groups is 1. The average molecular weight is 339 g/mol. The van der Waals surface area contributed by atoms with Crippen LogP contribution in [0.15, 0.2) is 65.8 Å². The van der Waals surface area contributed by atoms with Gasteiger partial charge in [-0.2, -0.15) is 5.10 Å². The van der Waals surface area contributed by atoms with Crippen LogP contribution < -0.4 is 10.2 Å². The summed E-state index contributed by atoms with van der Waals surface area (Å²) in [5.41, 5.74) is 3.76. The number of hydrazone groups is 1. The second kappa shape index (κ2) is 7.15. The zero-order valence-electron chi connectivity index (χ0n) is 13.0. The Hall–Kier alpha value is -2.85. The van der Waals surface area contributed by atoms with Gasteiger partial charge in [0.1, 0.15) is 5.75 Å². The Balaban J connectivity index is 1.84. The molecule has 0 saturated heterocycles. The van der Waals surface area contributed by atoms with Crippen LogP contribution >= 0.6 is 11.6 Å². The van der Waals surface area contributed by atoms with E-state index in [0.29, 0.717) is 10.6 Å². The summed E-state index contributed by atoms with van der Waals surface area (Å²) in [6, 6.07) is 18.5. The maximum Gasteiger partial charge on any atom is 0.272 e. The van der Waals surface area contributed by atoms with Crippen LogP contribution in [0.4, 0.5) is 0 Å². The minimum Gasteiger partial charge on any atom is -0.496 e. The van der Waals surface area contributed by atoms with E-state index in [1.807, 2.05) is 36.4 Å². The number of rotatable bonds is 4. The van der Waals surface area contributed by atoms with Crippen molar-refractivity contribution in [2.75, 3.05) is 7.11 Å². The molecule has 120 valence electrons. The SMILES string of the molecule is COc1ccc(/C=N/NC(=O)c2ccccc2Cl)c2ccccc12. The first-order valence-electron chi connectivity index (χ1n) is 7.34. The lowest BCUT2D eigenvalue weighted by Gasteiger charge is -2.07. The number of ether oxygens (including phenoxy) is 1. The molecule has 0 aliphatic rings. The van der Waals surface area contributed by atoms with Crippen LogP contribution in [0.1, 0.15) is 15.9 Å². The van der Waals surface area contributed by atoms with E-state index in [9.17, 15) is 4.79 Å². The Morgan fingerprint density at radius 1 is 1.04 bits per heavy atom. The molecule has 0 aromatic heterocycles. The number of fused-ring (bicyclic) bond motifs is 1. The molecule has 0 spiro atoms. The fourth-order valence-electron chi connectivity index (χ4n) is 2.45. The standard InChI is InChI=1S/C19H15ClN2O2/c1-24-18-11-10-13(14-6-2-3-7-15(14)18)12-21-22-19(23)16-8-4-5-9-17(16)20/h2-12H,1H3,(H,22,23)/b21-12+. The number of benzene rings is 3. The topological polar surface area (TPSA) is 50.7 Å². The fourth-order valence-corrected chi connectivity index (χ4v) is 2.67. The van der Waals surface area contributed by atoms with Crippen LogP contribution in [-0.2, 0) is 0 Å². The number of amides is 1. The van der Waals surface area contributed by atoms with E-state index >= 15 is 0 Å². The summed E-state index contributed by atoms with van der Waals surface area (Å²) in [6.07, 6.45) is 1.61. The van der Waals surface area contributed by atoms with Crippen molar-refractivity contribution in [2.45, 2.75) is 0 Å². The number of hydrogen-bond acceptors (Lipinski definition) is 3. The molecule has 0 heterocycles. The summed E-state index contributed by atoms with van der Waals surface area (Å²) in [7, 11) is 1.64. The lowest BCUT2D eigenvalue weighted by atomic mass is 10.0. The predicted molar refractivity (Wildman–Crippen MR) is 97.0 cm³/mol. The zero-order valence-corrected chi connectivity index (χ0v) is 13.7. The predicted octanol–water partition coefficient (Wildman–Crippen LogP) is 4.27. The molecular formula is C19H15ClN2O2. The van der Waals surface area contributed by atoms with Gasteiger partial charge in [-0.15, -0.1) is 0 Å². The van der Waals surface area contributed by atoms with Crippen molar-refractivity contribution >= 4 is 34.5 Å². The van der Waals surface area contributed by atoms with E-state index in [1.54, 1.807) is 37.6 Å². The van der Waals surface area contributed by atoms with E-state index in [0.717, 1.165) is 22.1 Å². The van der Waals surface area contributed by atoms with Crippen LogP contribution in [0, 0.1) is 0 Å².